The van der Waals surface area contributed by atoms with Crippen molar-refractivity contribution in [2.45, 2.75) is 82.3 Å². The van der Waals surface area contributed by atoms with Crippen molar-refractivity contribution in [1.82, 2.24) is 10.2 Å². The molecule has 1 aliphatic carbocycles. The summed E-state index contributed by atoms with van der Waals surface area (Å²) in [5.41, 5.74) is 2.08. The van der Waals surface area contributed by atoms with Crippen LogP contribution in [0.3, 0.4) is 0 Å². The molecule has 7 nitrogen and oxygen atoms in total. The molecule has 1 saturated carbocycles. The third-order valence-electron chi connectivity index (χ3n) is 7.92. The zero-order valence-electron chi connectivity index (χ0n) is 24.6. The Morgan fingerprint density at radius 3 is 2.14 bits per heavy atom. The molecule has 1 N–H and O–H groups in total. The summed E-state index contributed by atoms with van der Waals surface area (Å²) in [6.07, 6.45) is 6.20. The first-order valence-electron chi connectivity index (χ1n) is 14.8. The summed E-state index contributed by atoms with van der Waals surface area (Å²) in [5, 5.41) is 3.86. The van der Waals surface area contributed by atoms with Gasteiger partial charge in [-0.25, -0.2) is 8.42 Å². The number of carbonyl (C=O) groups is 2. The average molecular weight is 645 g/mol. The van der Waals surface area contributed by atoms with Crippen molar-refractivity contribution in [2.24, 2.45) is 0 Å². The maximum absolute atomic E-state index is 14.3. The van der Waals surface area contributed by atoms with Crippen LogP contribution in [0.2, 0.25) is 10.0 Å². The molecule has 43 heavy (non-hydrogen) atoms. The van der Waals surface area contributed by atoms with Crippen molar-refractivity contribution < 1.29 is 18.0 Å². The lowest BCUT2D eigenvalue weighted by Gasteiger charge is -2.34. The summed E-state index contributed by atoms with van der Waals surface area (Å²) < 4.78 is 29.1. The Morgan fingerprint density at radius 1 is 0.884 bits per heavy atom. The highest BCUT2D eigenvalue weighted by Gasteiger charge is 2.34. The molecule has 230 valence electrons. The van der Waals surface area contributed by atoms with Crippen LogP contribution in [0.1, 0.15) is 63.5 Å². The summed E-state index contributed by atoms with van der Waals surface area (Å²) in [7, 11) is -4.12. The lowest BCUT2D eigenvalue weighted by molar-refractivity contribution is -0.140. The number of hydrogen-bond acceptors (Lipinski definition) is 4. The van der Waals surface area contributed by atoms with Gasteiger partial charge in [0, 0.05) is 12.6 Å². The highest BCUT2D eigenvalue weighted by Crippen LogP contribution is 2.27. The van der Waals surface area contributed by atoms with Gasteiger partial charge in [-0.05, 0) is 73.2 Å². The van der Waals surface area contributed by atoms with Crippen LogP contribution in [0.15, 0.2) is 77.7 Å². The van der Waals surface area contributed by atoms with Gasteiger partial charge >= 0.3 is 0 Å². The summed E-state index contributed by atoms with van der Waals surface area (Å²) in [6, 6.07) is 19.5. The van der Waals surface area contributed by atoms with E-state index in [1.807, 2.05) is 26.0 Å². The van der Waals surface area contributed by atoms with Crippen LogP contribution < -0.4 is 9.62 Å². The molecule has 0 aromatic heterocycles. The number of halogens is 2. The van der Waals surface area contributed by atoms with Gasteiger partial charge in [-0.1, -0.05) is 92.7 Å². The van der Waals surface area contributed by atoms with E-state index in [4.69, 9.17) is 23.2 Å². The van der Waals surface area contributed by atoms with Crippen molar-refractivity contribution in [3.05, 3.63) is 94.0 Å². The number of sulfonamides is 1. The van der Waals surface area contributed by atoms with E-state index in [-0.39, 0.29) is 23.4 Å². The van der Waals surface area contributed by atoms with Crippen LogP contribution in [0.5, 0.6) is 0 Å². The fourth-order valence-corrected chi connectivity index (χ4v) is 7.20. The Labute approximate surface area is 265 Å². The number of anilines is 1. The first-order chi connectivity index (χ1) is 20.6. The number of rotatable bonds is 12. The molecule has 0 bridgehead atoms. The van der Waals surface area contributed by atoms with Gasteiger partial charge in [-0.3, -0.25) is 13.9 Å². The van der Waals surface area contributed by atoms with Crippen LogP contribution in [-0.2, 0) is 32.6 Å². The number of carbonyl (C=O) groups excluding carboxylic acids is 2. The van der Waals surface area contributed by atoms with Gasteiger partial charge in [-0.2, -0.15) is 0 Å². The summed E-state index contributed by atoms with van der Waals surface area (Å²) in [5.74, 6) is -0.747. The second kappa shape index (κ2) is 15.1. The molecular formula is C33H39Cl2N3O4S. The van der Waals surface area contributed by atoms with Gasteiger partial charge in [0.25, 0.3) is 10.0 Å². The maximum Gasteiger partial charge on any atom is 0.264 e. The first kappa shape index (κ1) is 32.8. The van der Waals surface area contributed by atoms with Crippen LogP contribution in [0, 0.1) is 0 Å². The number of aryl methyl sites for hydroxylation is 1. The van der Waals surface area contributed by atoms with E-state index >= 15 is 0 Å². The monoisotopic (exact) mass is 643 g/mol. The minimum absolute atomic E-state index is 0.0559. The van der Waals surface area contributed by atoms with E-state index in [2.05, 4.69) is 5.32 Å². The van der Waals surface area contributed by atoms with E-state index in [1.165, 1.54) is 17.0 Å². The lowest BCUT2D eigenvalue weighted by Crippen LogP contribution is -2.54. The Bertz CT molecular complexity index is 1490. The molecule has 1 atom stereocenters. The quantitative estimate of drug-likeness (QED) is 0.230. The minimum atomic E-state index is -4.12. The van der Waals surface area contributed by atoms with Crippen LogP contribution in [-0.4, -0.2) is 43.8 Å². The maximum atomic E-state index is 14.3. The van der Waals surface area contributed by atoms with Crippen LogP contribution in [0.4, 0.5) is 5.69 Å². The molecule has 0 heterocycles. The molecule has 3 aromatic rings. The second-order valence-corrected chi connectivity index (χ2v) is 13.6. The van der Waals surface area contributed by atoms with E-state index in [1.54, 1.807) is 48.5 Å². The highest BCUT2D eigenvalue weighted by molar-refractivity contribution is 7.92. The van der Waals surface area contributed by atoms with Crippen molar-refractivity contribution in [3.63, 3.8) is 0 Å². The van der Waals surface area contributed by atoms with Gasteiger partial charge < -0.3 is 10.2 Å². The van der Waals surface area contributed by atoms with E-state index in [9.17, 15) is 18.0 Å². The predicted octanol–water partition coefficient (Wildman–Crippen LogP) is 7.01. The fraction of sp³-hybridized carbons (Fsp3) is 0.394. The molecular weight excluding hydrogens is 605 g/mol. The molecule has 2 amide bonds. The molecule has 1 fully saturated rings. The number of hydrogen-bond donors (Lipinski definition) is 1. The van der Waals surface area contributed by atoms with Crippen LogP contribution in [0.25, 0.3) is 0 Å². The van der Waals surface area contributed by atoms with Gasteiger partial charge in [0.2, 0.25) is 11.8 Å². The largest absolute Gasteiger partial charge is 0.352 e. The van der Waals surface area contributed by atoms with Gasteiger partial charge in [0.15, 0.2) is 0 Å². The average Bonchev–Trinajstić information content (AvgIpc) is 3.02. The molecule has 0 spiro atoms. The summed E-state index contributed by atoms with van der Waals surface area (Å²) in [4.78, 5) is 29.5. The molecule has 0 unspecified atom stereocenters. The molecule has 3 aromatic carbocycles. The Kier molecular flexibility index (Phi) is 11.5. The van der Waals surface area contributed by atoms with Crippen molar-refractivity contribution >= 4 is 50.7 Å². The van der Waals surface area contributed by atoms with E-state index < -0.39 is 28.5 Å². The second-order valence-electron chi connectivity index (χ2n) is 10.9. The summed E-state index contributed by atoms with van der Waals surface area (Å²) in [6.45, 7) is 3.43. The SMILES string of the molecule is CCc1ccc(N(CC(=O)N(Cc2ccc(Cl)c(Cl)c2)[C@H](CC)C(=O)NC2CCCCC2)S(=O)(=O)c2ccccc2)cc1. The predicted molar refractivity (Wildman–Crippen MR) is 173 cm³/mol. The Hall–Kier alpha value is -3.07. The Balaban J connectivity index is 1.71. The summed E-state index contributed by atoms with van der Waals surface area (Å²) >= 11 is 12.4. The first-order valence-corrected chi connectivity index (χ1v) is 17.0. The van der Waals surface area contributed by atoms with E-state index in [0.29, 0.717) is 27.7 Å². The number of benzene rings is 3. The normalized spacial score (nSPS) is 14.6. The van der Waals surface area contributed by atoms with Crippen molar-refractivity contribution in [1.29, 1.82) is 0 Å². The smallest absolute Gasteiger partial charge is 0.264 e. The molecule has 1 aliphatic rings. The highest BCUT2D eigenvalue weighted by atomic mass is 35.5. The number of nitrogens with one attached hydrogen (secondary N) is 1. The standard InChI is InChI=1S/C33H39Cl2N3O4S/c1-3-24-15-18-27(19-16-24)38(43(41,42)28-13-9-6-10-14-28)23-32(39)37(22-25-17-20-29(34)30(35)21-25)31(4-2)33(40)36-26-11-7-5-8-12-26/h6,9-10,13-21,26,31H,3-5,7-8,11-12,22-23H2,1-2H3,(H,36,40)/t31-/m1/s1. The van der Waals surface area contributed by atoms with Gasteiger partial charge in [-0.15, -0.1) is 0 Å². The van der Waals surface area contributed by atoms with Crippen LogP contribution >= 0.6 is 23.2 Å². The number of nitrogens with zero attached hydrogens (tertiary/aromatic N) is 2. The van der Waals surface area contributed by atoms with Crippen molar-refractivity contribution in [2.75, 3.05) is 10.8 Å². The van der Waals surface area contributed by atoms with Gasteiger partial charge in [0.05, 0.1) is 20.6 Å². The van der Waals surface area contributed by atoms with Gasteiger partial charge in [0.1, 0.15) is 12.6 Å². The third kappa shape index (κ3) is 8.31. The number of amides is 2. The van der Waals surface area contributed by atoms with E-state index in [0.717, 1.165) is 48.4 Å². The zero-order chi connectivity index (χ0) is 31.0. The minimum Gasteiger partial charge on any atom is -0.352 e. The lowest BCUT2D eigenvalue weighted by atomic mass is 9.95. The Morgan fingerprint density at radius 2 is 1.53 bits per heavy atom. The molecule has 0 radical (unpaired) electrons. The molecule has 0 saturated heterocycles. The molecule has 4 rings (SSSR count). The van der Waals surface area contributed by atoms with Crippen molar-refractivity contribution in [3.8, 4) is 0 Å². The fourth-order valence-electron chi connectivity index (χ4n) is 5.44. The topological polar surface area (TPSA) is 86.8 Å². The zero-order valence-corrected chi connectivity index (χ0v) is 27.0. The molecule has 0 aliphatic heterocycles. The third-order valence-corrected chi connectivity index (χ3v) is 10.4. The molecule has 10 heteroatoms.